The quantitative estimate of drug-likeness (QED) is 0.0264. The molecule has 0 radical (unpaired) electrons. The fourth-order valence-electron chi connectivity index (χ4n) is 11.0. The Labute approximate surface area is 598 Å². The highest BCUT2D eigenvalue weighted by Gasteiger charge is 2.26. The van der Waals surface area contributed by atoms with Crippen LogP contribution >= 0.6 is 7.82 Å². The van der Waals surface area contributed by atoms with Crippen LogP contribution < -0.4 is 5.73 Å². The number of phosphoric ester groups is 1. The molecule has 0 saturated heterocycles. The van der Waals surface area contributed by atoms with Crippen LogP contribution in [0.15, 0.2) is 158 Å². The van der Waals surface area contributed by atoms with Crippen LogP contribution in [0.5, 0.6) is 0 Å². The zero-order valence-corrected chi connectivity index (χ0v) is 63.4. The van der Waals surface area contributed by atoms with Crippen molar-refractivity contribution in [2.24, 2.45) is 5.73 Å². The first-order valence-electron chi connectivity index (χ1n) is 40.0. The van der Waals surface area contributed by atoms with E-state index in [4.69, 9.17) is 24.3 Å². The van der Waals surface area contributed by atoms with E-state index in [-0.39, 0.29) is 38.6 Å². The summed E-state index contributed by atoms with van der Waals surface area (Å²) in [7, 11) is -4.41. The topological polar surface area (TPSA) is 134 Å². The fourth-order valence-corrected chi connectivity index (χ4v) is 11.8. The summed E-state index contributed by atoms with van der Waals surface area (Å²) in [4.78, 5) is 35.4. The van der Waals surface area contributed by atoms with Crippen LogP contribution in [0.1, 0.15) is 348 Å². The van der Waals surface area contributed by atoms with Crippen LogP contribution in [0.3, 0.4) is 0 Å². The molecule has 2 unspecified atom stereocenters. The van der Waals surface area contributed by atoms with Crippen molar-refractivity contribution in [3.8, 4) is 0 Å². The Morgan fingerprint density at radius 2 is 0.567 bits per heavy atom. The van der Waals surface area contributed by atoms with Gasteiger partial charge >= 0.3 is 19.8 Å². The second kappa shape index (κ2) is 80.6. The molecular weight excluding hydrogens is 1220 g/mol. The fraction of sp³-hybridized carbons (Fsp3) is 0.678. The van der Waals surface area contributed by atoms with Gasteiger partial charge in [-0.15, -0.1) is 0 Å². The summed E-state index contributed by atoms with van der Waals surface area (Å²) >= 11 is 0. The SMILES string of the molecule is CC/C=C\C/C=C\C/C=C\C/C=C\C/C=C\C/C=C\C/C=C\C/C=C\C/C=C\C/C=C\C/C=C\C/C=C\CCCCCCC(=O)OC(COC(=O)CCCCCCCCCCCCCCCCCCCCCCCCC/C=C\CCCCCCCCCC)COP(=O)(O)OCCN. The molecule has 10 heteroatoms. The van der Waals surface area contributed by atoms with Crippen molar-refractivity contribution in [2.75, 3.05) is 26.4 Å². The standard InChI is InChI=1S/C87H148NO8P/c1-3-5-7-9-11-13-15-17-19-21-23-25-27-29-31-33-35-37-39-40-41-42-43-44-46-48-50-52-54-56-58-60-62-64-66-68-70-72-74-76-78-80-87(90)96-85(84-95-97(91,92)94-82-81-88)83-93-86(89)79-77-75-73-71-69-67-65-63-61-59-57-55-53-51-49-47-45-38-36-34-32-30-28-26-24-22-20-18-16-14-12-10-8-6-4-2/h5,7,11,13,17,19,22-25,29,31,35,37,40-41,43-44,48,50,54,56,60,62,66,68,85H,3-4,6,8-10,12,14-16,18,20-21,26-28,30,32-34,36,38-39,42,45-47,49,51-53,55,57-59,61,63-65,67,69-84,88H2,1-2H3,(H,91,92)/b7-5-,13-11-,19-17-,24-22-,25-23-,31-29-,37-35-,41-40-,44-43-,50-48-,56-54-,62-60-,68-66-. The van der Waals surface area contributed by atoms with Crippen LogP contribution in [0.2, 0.25) is 0 Å². The molecule has 0 fully saturated rings. The highest BCUT2D eigenvalue weighted by molar-refractivity contribution is 7.47. The van der Waals surface area contributed by atoms with Gasteiger partial charge in [-0.25, -0.2) is 4.57 Å². The Hall–Kier alpha value is -4.37. The van der Waals surface area contributed by atoms with Gasteiger partial charge in [-0.05, 0) is 128 Å². The van der Waals surface area contributed by atoms with Crippen LogP contribution in [0.25, 0.3) is 0 Å². The number of allylic oxidation sites excluding steroid dienone is 26. The summed E-state index contributed by atoms with van der Waals surface area (Å²) in [5.74, 6) is -0.854. The molecule has 9 nitrogen and oxygen atoms in total. The molecule has 0 saturated carbocycles. The monoisotopic (exact) mass is 1370 g/mol. The van der Waals surface area contributed by atoms with Gasteiger partial charge in [0.15, 0.2) is 6.10 Å². The second-order valence-corrected chi connectivity index (χ2v) is 27.7. The number of rotatable bonds is 74. The average molecular weight is 1370 g/mol. The van der Waals surface area contributed by atoms with Gasteiger partial charge in [-0.2, -0.15) is 0 Å². The molecule has 3 N–H and O–H groups in total. The van der Waals surface area contributed by atoms with Crippen molar-refractivity contribution in [1.82, 2.24) is 0 Å². The molecule has 0 aliphatic heterocycles. The van der Waals surface area contributed by atoms with Gasteiger partial charge in [0.1, 0.15) is 6.61 Å². The van der Waals surface area contributed by atoms with Crippen molar-refractivity contribution in [2.45, 2.75) is 354 Å². The number of hydrogen-bond donors (Lipinski definition) is 2. The van der Waals surface area contributed by atoms with Crippen LogP contribution in [-0.2, 0) is 32.7 Å². The minimum absolute atomic E-state index is 0.0427. The van der Waals surface area contributed by atoms with E-state index in [0.29, 0.717) is 6.42 Å². The largest absolute Gasteiger partial charge is 0.472 e. The molecule has 2 atom stereocenters. The Bertz CT molecular complexity index is 2160. The predicted molar refractivity (Wildman–Crippen MR) is 422 cm³/mol. The predicted octanol–water partition coefficient (Wildman–Crippen LogP) is 27.1. The molecule has 554 valence electrons. The van der Waals surface area contributed by atoms with E-state index in [1.54, 1.807) is 0 Å². The van der Waals surface area contributed by atoms with Gasteiger partial charge in [0.2, 0.25) is 0 Å². The molecule has 0 aromatic carbocycles. The highest BCUT2D eigenvalue weighted by Crippen LogP contribution is 2.43. The molecule has 0 aromatic heterocycles. The van der Waals surface area contributed by atoms with Gasteiger partial charge in [-0.3, -0.25) is 18.6 Å². The number of esters is 2. The molecule has 0 rings (SSSR count). The zero-order chi connectivity index (χ0) is 70.0. The van der Waals surface area contributed by atoms with Crippen molar-refractivity contribution in [3.63, 3.8) is 0 Å². The summed E-state index contributed by atoms with van der Waals surface area (Å²) in [5, 5.41) is 0. The van der Waals surface area contributed by atoms with Gasteiger partial charge in [0, 0.05) is 19.4 Å². The first-order valence-corrected chi connectivity index (χ1v) is 41.5. The maximum Gasteiger partial charge on any atom is 0.472 e. The summed E-state index contributed by atoms with van der Waals surface area (Å²) in [6.07, 6.45) is 118. The molecule has 0 aromatic rings. The van der Waals surface area contributed by atoms with Gasteiger partial charge < -0.3 is 20.1 Å². The molecule has 97 heavy (non-hydrogen) atoms. The summed E-state index contributed by atoms with van der Waals surface area (Å²) in [6.45, 7) is 3.62. The Balaban J connectivity index is 3.93. The minimum Gasteiger partial charge on any atom is -0.462 e. The lowest BCUT2D eigenvalue weighted by Crippen LogP contribution is -2.29. The van der Waals surface area contributed by atoms with Crippen molar-refractivity contribution < 1.29 is 37.6 Å². The van der Waals surface area contributed by atoms with Gasteiger partial charge in [0.05, 0.1) is 13.2 Å². The first kappa shape index (κ1) is 92.6. The average Bonchev–Trinajstić information content (AvgIpc) is 2.57. The summed E-state index contributed by atoms with van der Waals surface area (Å²) in [5.41, 5.74) is 5.41. The van der Waals surface area contributed by atoms with E-state index in [1.165, 1.54) is 193 Å². The number of carbonyl (C=O) groups excluding carboxylic acids is 2. The lowest BCUT2D eigenvalue weighted by molar-refractivity contribution is -0.161. The van der Waals surface area contributed by atoms with Crippen LogP contribution in [-0.4, -0.2) is 49.3 Å². The smallest absolute Gasteiger partial charge is 0.462 e. The van der Waals surface area contributed by atoms with Crippen molar-refractivity contribution >= 4 is 19.8 Å². The molecule has 0 bridgehead atoms. The lowest BCUT2D eigenvalue weighted by atomic mass is 10.0. The Morgan fingerprint density at radius 3 is 0.856 bits per heavy atom. The third kappa shape index (κ3) is 80.5. The number of ether oxygens (including phenoxy) is 2. The highest BCUT2D eigenvalue weighted by atomic mass is 31.2. The van der Waals surface area contributed by atoms with Crippen LogP contribution in [0.4, 0.5) is 0 Å². The van der Waals surface area contributed by atoms with E-state index in [9.17, 15) is 19.0 Å². The molecule has 0 heterocycles. The normalized spacial score (nSPS) is 13.7. The molecule has 0 spiro atoms. The Morgan fingerprint density at radius 1 is 0.320 bits per heavy atom. The lowest BCUT2D eigenvalue weighted by Gasteiger charge is -2.19. The van der Waals surface area contributed by atoms with E-state index in [2.05, 4.69) is 172 Å². The minimum atomic E-state index is -4.41. The van der Waals surface area contributed by atoms with E-state index in [1.807, 2.05) is 0 Å². The summed E-state index contributed by atoms with van der Waals surface area (Å²) in [6, 6.07) is 0. The van der Waals surface area contributed by atoms with Gasteiger partial charge in [0.25, 0.3) is 0 Å². The molecule has 0 aliphatic carbocycles. The maximum atomic E-state index is 12.8. The van der Waals surface area contributed by atoms with Crippen LogP contribution in [0, 0.1) is 0 Å². The molecule has 0 aliphatic rings. The van der Waals surface area contributed by atoms with E-state index >= 15 is 0 Å². The van der Waals surface area contributed by atoms with Gasteiger partial charge in [-0.1, -0.05) is 364 Å². The number of nitrogens with two attached hydrogens (primary N) is 1. The maximum absolute atomic E-state index is 12.8. The molecule has 0 amide bonds. The number of hydrogen-bond acceptors (Lipinski definition) is 8. The van der Waals surface area contributed by atoms with E-state index in [0.717, 1.165) is 122 Å². The number of carbonyl (C=O) groups is 2. The third-order valence-electron chi connectivity index (χ3n) is 16.9. The summed E-state index contributed by atoms with van der Waals surface area (Å²) < 4.78 is 33.2. The Kier molecular flexibility index (Phi) is 77.0. The molecular formula is C87H148NO8P. The number of unbranched alkanes of at least 4 members (excludes halogenated alkanes) is 35. The third-order valence-corrected chi connectivity index (χ3v) is 17.9. The first-order chi connectivity index (χ1) is 47.8. The van der Waals surface area contributed by atoms with E-state index < -0.39 is 26.5 Å². The zero-order valence-electron chi connectivity index (χ0n) is 62.5. The number of phosphoric acid groups is 1. The van der Waals surface area contributed by atoms with Crippen molar-refractivity contribution in [1.29, 1.82) is 0 Å². The van der Waals surface area contributed by atoms with Crippen molar-refractivity contribution in [3.05, 3.63) is 158 Å². The second-order valence-electron chi connectivity index (χ2n) is 26.2.